The third kappa shape index (κ3) is 5.95. The van der Waals surface area contributed by atoms with Gasteiger partial charge in [-0.05, 0) is 0 Å². The van der Waals surface area contributed by atoms with E-state index in [1.807, 2.05) is 0 Å². The summed E-state index contributed by atoms with van der Waals surface area (Å²) in [5, 5.41) is 50.9. The second kappa shape index (κ2) is 8.03. The molecule has 1 saturated heterocycles. The van der Waals surface area contributed by atoms with Gasteiger partial charge in [-0.3, -0.25) is 9.32 Å². The molecule has 1 fully saturated rings. The Labute approximate surface area is 141 Å². The van der Waals surface area contributed by atoms with Crippen LogP contribution in [0, 0.1) is 0 Å². The van der Waals surface area contributed by atoms with Gasteiger partial charge in [0, 0.05) is 13.3 Å². The minimum Gasteiger partial charge on any atom is -0.477 e. The van der Waals surface area contributed by atoms with E-state index in [-0.39, 0.29) is 0 Å². The molecule has 0 bridgehead atoms. The van der Waals surface area contributed by atoms with Gasteiger partial charge in [0.25, 0.3) is 5.79 Å². The Balaban J connectivity index is 3.02. The number of hydrogen-bond donors (Lipinski definition) is 8. The van der Waals surface area contributed by atoms with Gasteiger partial charge < -0.3 is 45.4 Å². The highest BCUT2D eigenvalue weighted by molar-refractivity contribution is 7.46. The van der Waals surface area contributed by atoms with Crippen molar-refractivity contribution in [2.75, 3.05) is 6.61 Å². The maximum atomic E-state index is 11.2. The maximum absolute atomic E-state index is 11.2. The second-order valence-corrected chi connectivity index (χ2v) is 6.75. The Morgan fingerprint density at radius 3 is 2.40 bits per heavy atom. The molecule has 14 heteroatoms. The van der Waals surface area contributed by atoms with Gasteiger partial charge in [-0.15, -0.1) is 0 Å². The van der Waals surface area contributed by atoms with Crippen LogP contribution in [0.5, 0.6) is 0 Å². The largest absolute Gasteiger partial charge is 0.477 e. The van der Waals surface area contributed by atoms with E-state index in [0.717, 1.165) is 6.92 Å². The van der Waals surface area contributed by atoms with Crippen molar-refractivity contribution in [3.05, 3.63) is 0 Å². The van der Waals surface area contributed by atoms with E-state index in [2.05, 4.69) is 9.84 Å². The summed E-state index contributed by atoms with van der Waals surface area (Å²) < 4.78 is 19.5. The third-order valence-electron chi connectivity index (χ3n) is 3.43. The van der Waals surface area contributed by atoms with Crippen LogP contribution in [0.4, 0.5) is 0 Å². The zero-order valence-electron chi connectivity index (χ0n) is 12.9. The summed E-state index contributed by atoms with van der Waals surface area (Å²) in [4.78, 5) is 39.5. The van der Waals surface area contributed by atoms with Gasteiger partial charge in [0.05, 0.1) is 18.8 Å². The number of phosphoric acid groups is 1. The molecular formula is C11H20NO12P. The number of amides is 1. The molecular weight excluding hydrogens is 369 g/mol. The zero-order chi connectivity index (χ0) is 19.6. The van der Waals surface area contributed by atoms with Crippen molar-refractivity contribution in [3.63, 3.8) is 0 Å². The van der Waals surface area contributed by atoms with Crippen LogP contribution in [0.2, 0.25) is 0 Å². The normalized spacial score (nSPS) is 32.7. The smallest absolute Gasteiger partial charge is 0.469 e. The van der Waals surface area contributed by atoms with Crippen LogP contribution in [-0.2, 0) is 23.4 Å². The fourth-order valence-electron chi connectivity index (χ4n) is 2.30. The highest BCUT2D eigenvalue weighted by Gasteiger charge is 2.54. The predicted octanol–water partition coefficient (Wildman–Crippen LogP) is -3.75. The maximum Gasteiger partial charge on any atom is 0.469 e. The molecule has 0 aliphatic carbocycles. The Bertz CT molecular complexity index is 551. The van der Waals surface area contributed by atoms with Crippen LogP contribution in [-0.4, -0.2) is 90.0 Å². The lowest BCUT2D eigenvalue weighted by molar-refractivity contribution is -0.294. The predicted molar refractivity (Wildman–Crippen MR) is 75.7 cm³/mol. The quantitative estimate of drug-likeness (QED) is 0.197. The van der Waals surface area contributed by atoms with E-state index in [4.69, 9.17) is 19.6 Å². The number of phosphoric ester groups is 1. The van der Waals surface area contributed by atoms with E-state index in [1.165, 1.54) is 0 Å². The van der Waals surface area contributed by atoms with Crippen molar-refractivity contribution in [1.29, 1.82) is 0 Å². The first-order valence-electron chi connectivity index (χ1n) is 6.92. The highest BCUT2D eigenvalue weighted by Crippen LogP contribution is 2.36. The zero-order valence-corrected chi connectivity index (χ0v) is 13.8. The molecule has 1 amide bonds. The fourth-order valence-corrected chi connectivity index (χ4v) is 2.65. The first-order chi connectivity index (χ1) is 11.3. The fraction of sp³-hybridized carbons (Fsp3) is 0.818. The van der Waals surface area contributed by atoms with Crippen LogP contribution >= 0.6 is 7.82 Å². The number of hydrogen-bond acceptors (Lipinski definition) is 9. The number of carbonyl (C=O) groups excluding carboxylic acids is 1. The molecule has 0 spiro atoms. The number of ether oxygens (including phenoxy) is 1. The number of aliphatic hydroxyl groups is 4. The van der Waals surface area contributed by atoms with Crippen LogP contribution in [0.15, 0.2) is 0 Å². The summed E-state index contributed by atoms with van der Waals surface area (Å²) in [6.07, 6.45) is -8.43. The van der Waals surface area contributed by atoms with Gasteiger partial charge in [0.1, 0.15) is 18.3 Å². The van der Waals surface area contributed by atoms with Crippen LogP contribution < -0.4 is 5.32 Å². The van der Waals surface area contributed by atoms with Crippen molar-refractivity contribution >= 4 is 19.7 Å². The average Bonchev–Trinajstić information content (AvgIpc) is 2.45. The molecule has 0 radical (unpaired) electrons. The van der Waals surface area contributed by atoms with Gasteiger partial charge in [0.2, 0.25) is 5.91 Å². The molecule has 0 aromatic heterocycles. The SMILES string of the molecule is CC(=O)N[C@@H]1[C@H](O)C[C@](O)(C(=O)O)O[C@@H]1C(O)C(O)COP(=O)(O)O. The third-order valence-corrected chi connectivity index (χ3v) is 3.92. The van der Waals surface area contributed by atoms with E-state index >= 15 is 0 Å². The number of carbonyl (C=O) groups is 2. The Hall–Kier alpha value is -1.15. The molecule has 1 aliphatic rings. The lowest BCUT2D eigenvalue weighted by Gasteiger charge is -2.44. The summed E-state index contributed by atoms with van der Waals surface area (Å²) >= 11 is 0. The second-order valence-electron chi connectivity index (χ2n) is 5.51. The molecule has 1 heterocycles. The van der Waals surface area contributed by atoms with Crippen LogP contribution in [0.1, 0.15) is 13.3 Å². The first-order valence-corrected chi connectivity index (χ1v) is 8.45. The summed E-state index contributed by atoms with van der Waals surface area (Å²) in [7, 11) is -4.97. The monoisotopic (exact) mass is 389 g/mol. The van der Waals surface area contributed by atoms with Crippen molar-refractivity contribution in [3.8, 4) is 0 Å². The average molecular weight is 389 g/mol. The molecule has 0 aromatic rings. The highest BCUT2D eigenvalue weighted by atomic mass is 31.2. The molecule has 1 rings (SSSR count). The van der Waals surface area contributed by atoms with E-state index in [9.17, 15) is 34.6 Å². The summed E-state index contributed by atoms with van der Waals surface area (Å²) in [6.45, 7) is -0.0127. The van der Waals surface area contributed by atoms with Crippen LogP contribution in [0.3, 0.4) is 0 Å². The van der Waals surface area contributed by atoms with E-state index < -0.39 is 69.0 Å². The lowest BCUT2D eigenvalue weighted by Crippen LogP contribution is -2.67. The van der Waals surface area contributed by atoms with Gasteiger partial charge in [-0.1, -0.05) is 0 Å². The molecule has 6 atom stereocenters. The first kappa shape index (κ1) is 21.9. The summed E-state index contributed by atoms with van der Waals surface area (Å²) in [5.74, 6) is -5.48. The Kier molecular flexibility index (Phi) is 7.03. The van der Waals surface area contributed by atoms with Gasteiger partial charge in [0.15, 0.2) is 0 Å². The number of aliphatic carboxylic acids is 1. The molecule has 2 unspecified atom stereocenters. The number of rotatable bonds is 7. The number of nitrogens with one attached hydrogen (secondary N) is 1. The van der Waals surface area contributed by atoms with Gasteiger partial charge >= 0.3 is 13.8 Å². The van der Waals surface area contributed by atoms with E-state index in [1.54, 1.807) is 0 Å². The van der Waals surface area contributed by atoms with Crippen molar-refractivity contribution < 1.29 is 58.7 Å². The van der Waals surface area contributed by atoms with Gasteiger partial charge in [-0.2, -0.15) is 0 Å². The Morgan fingerprint density at radius 2 is 1.96 bits per heavy atom. The number of carboxylic acid groups (broad SMARTS) is 1. The van der Waals surface area contributed by atoms with Crippen LogP contribution in [0.25, 0.3) is 0 Å². The standard InChI is InChI=1S/C11H20NO12P/c1-4(13)12-7-5(14)2-11(19,10(17)18)24-9(7)8(16)6(15)3-23-25(20,21)22/h5-9,14-16,19H,2-3H2,1H3,(H,12,13)(H,17,18)(H2,20,21,22)/t5-,6?,7-,8?,9+,11-/m1/s1. The number of aliphatic hydroxyl groups excluding tert-OH is 3. The molecule has 146 valence electrons. The molecule has 1 aliphatic heterocycles. The molecule has 25 heavy (non-hydrogen) atoms. The Morgan fingerprint density at radius 1 is 1.40 bits per heavy atom. The molecule has 0 saturated carbocycles. The lowest BCUT2D eigenvalue weighted by atomic mass is 9.88. The molecule has 0 aromatic carbocycles. The minimum atomic E-state index is -4.97. The van der Waals surface area contributed by atoms with E-state index in [0.29, 0.717) is 0 Å². The summed E-state index contributed by atoms with van der Waals surface area (Å²) in [5.41, 5.74) is 0. The van der Waals surface area contributed by atoms with Crippen molar-refractivity contribution in [2.24, 2.45) is 0 Å². The van der Waals surface area contributed by atoms with Crippen molar-refractivity contribution in [1.82, 2.24) is 5.32 Å². The minimum absolute atomic E-state index is 0.688. The molecule has 13 nitrogen and oxygen atoms in total. The van der Waals surface area contributed by atoms with Gasteiger partial charge in [-0.25, -0.2) is 9.36 Å². The topological polar surface area (TPSA) is 223 Å². The molecule has 8 N–H and O–H groups in total. The number of carboxylic acids is 1. The van der Waals surface area contributed by atoms with Crippen molar-refractivity contribution in [2.45, 2.75) is 49.6 Å². The summed E-state index contributed by atoms with van der Waals surface area (Å²) in [6, 6.07) is -1.42.